The van der Waals surface area contributed by atoms with Crippen LogP contribution in [0.2, 0.25) is 0 Å². The molecule has 1 heterocycles. The fraction of sp³-hybridized carbons (Fsp3) is 0.0400. The number of carbonyl (C=O) groups excluding carboxylic acids is 2. The maximum atomic E-state index is 12.7. The van der Waals surface area contributed by atoms with Gasteiger partial charge in [-0.3, -0.25) is 9.59 Å². The van der Waals surface area contributed by atoms with Gasteiger partial charge in [0.25, 0.3) is 0 Å². The summed E-state index contributed by atoms with van der Waals surface area (Å²) >= 11 is 0. The minimum absolute atomic E-state index is 0.157. The van der Waals surface area contributed by atoms with Crippen LogP contribution in [-0.2, 0) is 4.79 Å². The molecular formula is C25H19NO3. The Kier molecular flexibility index (Phi) is 5.08. The fourth-order valence-corrected chi connectivity index (χ4v) is 3.16. The van der Waals surface area contributed by atoms with Crippen molar-refractivity contribution >= 4 is 34.4 Å². The summed E-state index contributed by atoms with van der Waals surface area (Å²) in [6.07, 6.45) is 3.25. The Balaban J connectivity index is 1.56. The molecule has 4 nitrogen and oxygen atoms in total. The second kappa shape index (κ2) is 7.98. The number of nitrogens with one attached hydrogen (secondary N) is 1. The maximum absolute atomic E-state index is 12.7. The average Bonchev–Trinajstić information content (AvgIpc) is 3.09. The molecule has 1 N–H and O–H groups in total. The Bertz CT molecular complexity index is 1210. The van der Waals surface area contributed by atoms with Crippen LogP contribution in [0, 0.1) is 6.92 Å². The monoisotopic (exact) mass is 381 g/mol. The van der Waals surface area contributed by atoms with Crippen LogP contribution in [0.5, 0.6) is 0 Å². The van der Waals surface area contributed by atoms with E-state index in [1.54, 1.807) is 30.3 Å². The molecule has 4 rings (SSSR count). The topological polar surface area (TPSA) is 59.3 Å². The molecule has 0 aliphatic rings. The first-order chi connectivity index (χ1) is 14.1. The Morgan fingerprint density at radius 1 is 0.897 bits per heavy atom. The molecule has 0 aliphatic heterocycles. The van der Waals surface area contributed by atoms with E-state index >= 15 is 0 Å². The summed E-state index contributed by atoms with van der Waals surface area (Å²) in [5, 5.41) is 3.65. The van der Waals surface area contributed by atoms with Crippen LogP contribution in [0.25, 0.3) is 17.0 Å². The molecular weight excluding hydrogens is 362 g/mol. The number of furan rings is 1. The molecule has 4 heteroatoms. The van der Waals surface area contributed by atoms with Crippen molar-refractivity contribution in [1.29, 1.82) is 0 Å². The van der Waals surface area contributed by atoms with Crippen molar-refractivity contribution in [2.75, 3.05) is 5.32 Å². The van der Waals surface area contributed by atoms with E-state index in [0.29, 0.717) is 22.6 Å². The average molecular weight is 381 g/mol. The van der Waals surface area contributed by atoms with Crippen LogP contribution in [0.3, 0.4) is 0 Å². The molecule has 0 aliphatic carbocycles. The first-order valence-corrected chi connectivity index (χ1v) is 9.29. The van der Waals surface area contributed by atoms with Gasteiger partial charge in [-0.05, 0) is 36.8 Å². The number of carbonyl (C=O) groups is 2. The summed E-state index contributed by atoms with van der Waals surface area (Å²) in [5.74, 6) is -0.0655. The van der Waals surface area contributed by atoms with Gasteiger partial charge in [-0.1, -0.05) is 60.7 Å². The second-order valence-corrected chi connectivity index (χ2v) is 6.70. The smallest absolute Gasteiger partial charge is 0.248 e. The van der Waals surface area contributed by atoms with Crippen molar-refractivity contribution in [3.8, 4) is 0 Å². The molecule has 0 fully saturated rings. The molecule has 29 heavy (non-hydrogen) atoms. The Hall–Kier alpha value is -3.92. The lowest BCUT2D eigenvalue weighted by Gasteiger charge is -2.02. The fourth-order valence-electron chi connectivity index (χ4n) is 3.16. The zero-order valence-corrected chi connectivity index (χ0v) is 15.9. The first-order valence-electron chi connectivity index (χ1n) is 9.29. The summed E-state index contributed by atoms with van der Waals surface area (Å²) in [6.45, 7) is 1.85. The van der Waals surface area contributed by atoms with Gasteiger partial charge in [0.1, 0.15) is 5.58 Å². The molecule has 142 valence electrons. The van der Waals surface area contributed by atoms with E-state index < -0.39 is 0 Å². The zero-order chi connectivity index (χ0) is 20.2. The van der Waals surface area contributed by atoms with Gasteiger partial charge in [-0.15, -0.1) is 0 Å². The maximum Gasteiger partial charge on any atom is 0.248 e. The van der Waals surface area contributed by atoms with Crippen molar-refractivity contribution < 1.29 is 14.0 Å². The van der Waals surface area contributed by atoms with Crippen molar-refractivity contribution in [2.45, 2.75) is 6.92 Å². The summed E-state index contributed by atoms with van der Waals surface area (Å²) in [7, 11) is 0. The number of rotatable bonds is 5. The quantitative estimate of drug-likeness (QED) is 0.360. The zero-order valence-electron chi connectivity index (χ0n) is 15.9. The highest BCUT2D eigenvalue weighted by Gasteiger charge is 2.19. The van der Waals surface area contributed by atoms with Crippen molar-refractivity contribution in [3.05, 3.63) is 107 Å². The first kappa shape index (κ1) is 18.4. The molecule has 0 saturated carbocycles. The largest absolute Gasteiger partial charge is 0.452 e. The Labute approximate surface area is 168 Å². The number of ketones is 1. The number of aryl methyl sites for hydroxylation is 1. The minimum atomic E-state index is -0.227. The van der Waals surface area contributed by atoms with E-state index in [-0.39, 0.29) is 11.7 Å². The van der Waals surface area contributed by atoms with Gasteiger partial charge in [0.2, 0.25) is 11.7 Å². The van der Waals surface area contributed by atoms with Crippen LogP contribution < -0.4 is 5.32 Å². The lowest BCUT2D eigenvalue weighted by Crippen LogP contribution is -2.07. The molecule has 1 aromatic heterocycles. The highest BCUT2D eigenvalue weighted by Crippen LogP contribution is 2.29. The SMILES string of the molecule is Cc1c(C(=O)c2ccccc2)oc2ccc(NC(=O)/C=C/c3ccccc3)cc12. The van der Waals surface area contributed by atoms with Gasteiger partial charge >= 0.3 is 0 Å². The predicted molar refractivity (Wildman–Crippen MR) is 115 cm³/mol. The molecule has 0 radical (unpaired) electrons. The Morgan fingerprint density at radius 2 is 1.59 bits per heavy atom. The number of hydrogen-bond acceptors (Lipinski definition) is 3. The summed E-state index contributed by atoms with van der Waals surface area (Å²) in [5.41, 5.74) is 3.54. The van der Waals surface area contributed by atoms with Crippen LogP contribution in [0.15, 0.2) is 89.4 Å². The van der Waals surface area contributed by atoms with Crippen LogP contribution in [0.4, 0.5) is 5.69 Å². The molecule has 0 spiro atoms. The van der Waals surface area contributed by atoms with Gasteiger partial charge in [-0.25, -0.2) is 0 Å². The van der Waals surface area contributed by atoms with E-state index in [4.69, 9.17) is 4.42 Å². The third-order valence-corrected chi connectivity index (χ3v) is 4.67. The molecule has 4 aromatic rings. The lowest BCUT2D eigenvalue weighted by atomic mass is 10.0. The summed E-state index contributed by atoms with van der Waals surface area (Å²) in [4.78, 5) is 25.0. The van der Waals surface area contributed by atoms with Crippen molar-refractivity contribution in [2.24, 2.45) is 0 Å². The number of amides is 1. The van der Waals surface area contributed by atoms with E-state index in [2.05, 4.69) is 5.32 Å². The molecule has 0 saturated heterocycles. The third-order valence-electron chi connectivity index (χ3n) is 4.67. The van der Waals surface area contributed by atoms with Gasteiger partial charge in [-0.2, -0.15) is 0 Å². The number of anilines is 1. The van der Waals surface area contributed by atoms with Gasteiger partial charge < -0.3 is 9.73 Å². The molecule has 0 atom stereocenters. The standard InChI is InChI=1S/C25H19NO3/c1-17-21-16-20(26-23(27)15-12-18-8-4-2-5-9-18)13-14-22(21)29-25(17)24(28)19-10-6-3-7-11-19/h2-16H,1H3,(H,26,27)/b15-12+. The number of hydrogen-bond donors (Lipinski definition) is 1. The lowest BCUT2D eigenvalue weighted by molar-refractivity contribution is -0.111. The van der Waals surface area contributed by atoms with Crippen LogP contribution >= 0.6 is 0 Å². The second-order valence-electron chi connectivity index (χ2n) is 6.70. The van der Waals surface area contributed by atoms with E-state index in [1.807, 2.05) is 61.5 Å². The number of fused-ring (bicyclic) bond motifs is 1. The molecule has 1 amide bonds. The van der Waals surface area contributed by atoms with Crippen molar-refractivity contribution in [3.63, 3.8) is 0 Å². The minimum Gasteiger partial charge on any atom is -0.452 e. The van der Waals surface area contributed by atoms with Gasteiger partial charge in [0.15, 0.2) is 5.76 Å². The third kappa shape index (κ3) is 4.01. The van der Waals surface area contributed by atoms with Crippen LogP contribution in [0.1, 0.15) is 27.2 Å². The Morgan fingerprint density at radius 3 is 2.31 bits per heavy atom. The van der Waals surface area contributed by atoms with Gasteiger partial charge in [0, 0.05) is 28.3 Å². The highest BCUT2D eigenvalue weighted by atomic mass is 16.3. The molecule has 3 aromatic carbocycles. The summed E-state index contributed by atoms with van der Waals surface area (Å²) < 4.78 is 5.80. The van der Waals surface area contributed by atoms with Crippen LogP contribution in [-0.4, -0.2) is 11.7 Å². The van der Waals surface area contributed by atoms with E-state index in [0.717, 1.165) is 16.5 Å². The predicted octanol–water partition coefficient (Wildman–Crippen LogP) is 5.62. The highest BCUT2D eigenvalue weighted by molar-refractivity contribution is 6.11. The normalized spacial score (nSPS) is 11.1. The van der Waals surface area contributed by atoms with Crippen molar-refractivity contribution in [1.82, 2.24) is 0 Å². The molecule has 0 unspecified atom stereocenters. The summed E-state index contributed by atoms with van der Waals surface area (Å²) in [6, 6.07) is 24.0. The van der Waals surface area contributed by atoms with E-state index in [9.17, 15) is 9.59 Å². The molecule has 0 bridgehead atoms. The van der Waals surface area contributed by atoms with Gasteiger partial charge in [0.05, 0.1) is 0 Å². The number of benzene rings is 3. The van der Waals surface area contributed by atoms with E-state index in [1.165, 1.54) is 6.08 Å².